The van der Waals surface area contributed by atoms with Crippen LogP contribution in [0.1, 0.15) is 18.4 Å². The molecule has 2 N–H and O–H groups in total. The maximum absolute atomic E-state index is 10.6. The molecule has 20 heavy (non-hydrogen) atoms. The van der Waals surface area contributed by atoms with Crippen LogP contribution in [0, 0.1) is 0 Å². The molecule has 1 unspecified atom stereocenters. The largest absolute Gasteiger partial charge is 0.497 e. The molecule has 108 valence electrons. The summed E-state index contributed by atoms with van der Waals surface area (Å²) in [6.07, 6.45) is 0.666. The summed E-state index contributed by atoms with van der Waals surface area (Å²) in [5.74, 6) is 0.695. The van der Waals surface area contributed by atoms with Crippen molar-refractivity contribution < 1.29 is 14.6 Å². The second-order valence-corrected chi connectivity index (χ2v) is 4.85. The van der Waals surface area contributed by atoms with E-state index in [-0.39, 0.29) is 11.9 Å². The Morgan fingerprint density at radius 1 is 1.60 bits per heavy atom. The summed E-state index contributed by atoms with van der Waals surface area (Å²) in [5.41, 5.74) is 3.54. The quantitative estimate of drug-likeness (QED) is 0.691. The number of carbonyl (C=O) groups is 1. The second-order valence-electron chi connectivity index (χ2n) is 4.36. The minimum Gasteiger partial charge on any atom is -0.497 e. The molecule has 0 spiro atoms. The van der Waals surface area contributed by atoms with Crippen molar-refractivity contribution in [3.05, 3.63) is 29.8 Å². The summed E-state index contributed by atoms with van der Waals surface area (Å²) < 4.78 is 5.20. The first-order chi connectivity index (χ1) is 9.61. The van der Waals surface area contributed by atoms with Crippen molar-refractivity contribution >= 4 is 24.4 Å². The first-order valence-corrected chi connectivity index (χ1v) is 6.77. The molecular formula is C13H17N3O3S. The standard InChI is InChI=1S/C13H17N3O3S/c1-19-10-5-2-4-9(8-10)12-14-15-13(20)16(12)7-3-6-11(17)18/h2,4-5,8,13,15,20H,3,6-7H2,1H3,(H,17,18). The zero-order valence-electron chi connectivity index (χ0n) is 11.1. The van der Waals surface area contributed by atoms with E-state index in [1.54, 1.807) is 7.11 Å². The summed E-state index contributed by atoms with van der Waals surface area (Å²) in [4.78, 5) is 12.5. The molecule has 7 heteroatoms. The van der Waals surface area contributed by atoms with E-state index in [9.17, 15) is 4.79 Å². The summed E-state index contributed by atoms with van der Waals surface area (Å²) in [5, 5.41) is 13.0. The van der Waals surface area contributed by atoms with Crippen molar-refractivity contribution in [3.63, 3.8) is 0 Å². The molecule has 0 bridgehead atoms. The average molecular weight is 295 g/mol. The Kier molecular flexibility index (Phi) is 4.73. The number of benzene rings is 1. The summed E-state index contributed by atoms with van der Waals surface area (Å²) in [7, 11) is 1.61. The van der Waals surface area contributed by atoms with E-state index in [4.69, 9.17) is 9.84 Å². The van der Waals surface area contributed by atoms with Crippen molar-refractivity contribution in [1.82, 2.24) is 10.3 Å². The molecule has 0 aromatic heterocycles. The Morgan fingerprint density at radius 3 is 3.10 bits per heavy atom. The third-order valence-electron chi connectivity index (χ3n) is 2.97. The normalized spacial score (nSPS) is 17.6. The van der Waals surface area contributed by atoms with E-state index in [1.165, 1.54) is 0 Å². The van der Waals surface area contributed by atoms with Gasteiger partial charge in [0.2, 0.25) is 0 Å². The fraction of sp³-hybridized carbons (Fsp3) is 0.385. The van der Waals surface area contributed by atoms with Crippen LogP contribution in [0.4, 0.5) is 0 Å². The van der Waals surface area contributed by atoms with Crippen LogP contribution in [0.3, 0.4) is 0 Å². The molecule has 6 nitrogen and oxygen atoms in total. The highest BCUT2D eigenvalue weighted by atomic mass is 32.1. The van der Waals surface area contributed by atoms with Crippen LogP contribution < -0.4 is 10.2 Å². The third kappa shape index (κ3) is 3.36. The van der Waals surface area contributed by atoms with Crippen LogP contribution in [-0.2, 0) is 4.79 Å². The molecule has 1 aromatic rings. The molecule has 1 heterocycles. The van der Waals surface area contributed by atoms with E-state index in [0.717, 1.165) is 17.1 Å². The first kappa shape index (κ1) is 14.5. The predicted molar refractivity (Wildman–Crippen MR) is 79.0 cm³/mol. The second kappa shape index (κ2) is 6.51. The lowest BCUT2D eigenvalue weighted by Gasteiger charge is -2.23. The lowest BCUT2D eigenvalue weighted by atomic mass is 10.1. The zero-order chi connectivity index (χ0) is 14.5. The molecule has 1 aliphatic heterocycles. The summed E-state index contributed by atoms with van der Waals surface area (Å²) in [6, 6.07) is 7.56. The maximum atomic E-state index is 10.6. The van der Waals surface area contributed by atoms with Gasteiger partial charge in [-0.3, -0.25) is 10.2 Å². The van der Waals surface area contributed by atoms with Crippen LogP contribution in [0.25, 0.3) is 0 Å². The smallest absolute Gasteiger partial charge is 0.303 e. The highest BCUT2D eigenvalue weighted by molar-refractivity contribution is 7.80. The van der Waals surface area contributed by atoms with Gasteiger partial charge in [-0.05, 0) is 18.6 Å². The van der Waals surface area contributed by atoms with Gasteiger partial charge in [-0.15, -0.1) is 12.6 Å². The van der Waals surface area contributed by atoms with Gasteiger partial charge in [0.25, 0.3) is 0 Å². The number of rotatable bonds is 6. The molecule has 1 aliphatic rings. The SMILES string of the molecule is COc1cccc(C2=NNC(S)N2CCCC(=O)O)c1. The van der Waals surface area contributed by atoms with E-state index >= 15 is 0 Å². The number of aliphatic carboxylic acids is 1. The van der Waals surface area contributed by atoms with Gasteiger partial charge < -0.3 is 14.7 Å². The van der Waals surface area contributed by atoms with Crippen LogP contribution in [0.5, 0.6) is 5.75 Å². The van der Waals surface area contributed by atoms with Crippen LogP contribution >= 0.6 is 12.6 Å². The highest BCUT2D eigenvalue weighted by Crippen LogP contribution is 2.20. The lowest BCUT2D eigenvalue weighted by Crippen LogP contribution is -2.37. The van der Waals surface area contributed by atoms with Crippen molar-refractivity contribution in [2.75, 3.05) is 13.7 Å². The number of carboxylic acid groups (broad SMARTS) is 1. The Hall–Kier alpha value is -1.89. The molecule has 0 amide bonds. The monoisotopic (exact) mass is 295 g/mol. The van der Waals surface area contributed by atoms with Gasteiger partial charge in [0, 0.05) is 18.5 Å². The number of amidine groups is 1. The molecule has 2 rings (SSSR count). The topological polar surface area (TPSA) is 74.2 Å². The van der Waals surface area contributed by atoms with Gasteiger partial charge >= 0.3 is 5.97 Å². The number of thiol groups is 1. The number of methoxy groups -OCH3 is 1. The van der Waals surface area contributed by atoms with E-state index in [1.807, 2.05) is 29.2 Å². The molecule has 0 saturated carbocycles. The molecule has 0 fully saturated rings. The highest BCUT2D eigenvalue weighted by Gasteiger charge is 2.25. The number of nitrogens with one attached hydrogen (secondary N) is 1. The minimum absolute atomic E-state index is 0.127. The van der Waals surface area contributed by atoms with Gasteiger partial charge in [-0.2, -0.15) is 5.10 Å². The molecule has 1 aromatic carbocycles. The van der Waals surface area contributed by atoms with Gasteiger partial charge in [0.1, 0.15) is 5.75 Å². The number of hydrazone groups is 1. The molecule has 0 radical (unpaired) electrons. The van der Waals surface area contributed by atoms with Crippen molar-refractivity contribution in [2.24, 2.45) is 5.10 Å². The maximum Gasteiger partial charge on any atom is 0.303 e. The van der Waals surface area contributed by atoms with Crippen LogP contribution in [0.15, 0.2) is 29.4 Å². The molecule has 0 saturated heterocycles. The Bertz CT molecular complexity index is 521. The van der Waals surface area contributed by atoms with Crippen LogP contribution in [-0.4, -0.2) is 41.0 Å². The van der Waals surface area contributed by atoms with E-state index in [0.29, 0.717) is 13.0 Å². The minimum atomic E-state index is -0.798. The number of ether oxygens (including phenoxy) is 1. The van der Waals surface area contributed by atoms with Crippen molar-refractivity contribution in [3.8, 4) is 5.75 Å². The fourth-order valence-electron chi connectivity index (χ4n) is 1.99. The number of carboxylic acids is 1. The van der Waals surface area contributed by atoms with Gasteiger partial charge in [0.15, 0.2) is 11.3 Å². The molecule has 0 aliphatic carbocycles. The number of nitrogens with zero attached hydrogens (tertiary/aromatic N) is 2. The average Bonchev–Trinajstić information content (AvgIpc) is 2.80. The Balaban J connectivity index is 2.10. The number of hydrogen-bond acceptors (Lipinski definition) is 6. The Labute approximate surface area is 122 Å². The van der Waals surface area contributed by atoms with Gasteiger partial charge in [0.05, 0.1) is 7.11 Å². The van der Waals surface area contributed by atoms with Gasteiger partial charge in [-0.1, -0.05) is 12.1 Å². The Morgan fingerprint density at radius 2 is 2.40 bits per heavy atom. The summed E-state index contributed by atoms with van der Waals surface area (Å²) in [6.45, 7) is 0.573. The van der Waals surface area contributed by atoms with Crippen molar-refractivity contribution in [1.29, 1.82) is 0 Å². The molecule has 1 atom stereocenters. The zero-order valence-corrected chi connectivity index (χ0v) is 12.0. The predicted octanol–water partition coefficient (Wildman–Crippen LogP) is 1.34. The van der Waals surface area contributed by atoms with E-state index < -0.39 is 5.97 Å². The lowest BCUT2D eigenvalue weighted by molar-refractivity contribution is -0.137. The summed E-state index contributed by atoms with van der Waals surface area (Å²) >= 11 is 4.39. The fourth-order valence-corrected chi connectivity index (χ4v) is 2.27. The number of hydrogen-bond donors (Lipinski definition) is 3. The van der Waals surface area contributed by atoms with Crippen LogP contribution in [0.2, 0.25) is 0 Å². The van der Waals surface area contributed by atoms with Gasteiger partial charge in [-0.25, -0.2) is 0 Å². The van der Waals surface area contributed by atoms with E-state index in [2.05, 4.69) is 23.2 Å². The molecular weight excluding hydrogens is 278 g/mol. The third-order valence-corrected chi connectivity index (χ3v) is 3.37. The van der Waals surface area contributed by atoms with Crippen molar-refractivity contribution in [2.45, 2.75) is 18.3 Å². The first-order valence-electron chi connectivity index (χ1n) is 6.26.